The molecule has 0 aliphatic carbocycles. The number of fused-ring (bicyclic) bond motifs is 1. The molecule has 1 fully saturated rings. The Labute approximate surface area is 115 Å². The summed E-state index contributed by atoms with van der Waals surface area (Å²) < 4.78 is 1.35. The van der Waals surface area contributed by atoms with Crippen LogP contribution in [0.5, 0.6) is 0 Å². The quantitative estimate of drug-likeness (QED) is 0.869. The smallest absolute Gasteiger partial charge is 0.311 e. The van der Waals surface area contributed by atoms with Crippen molar-refractivity contribution in [1.82, 2.24) is 25.3 Å². The van der Waals surface area contributed by atoms with Gasteiger partial charge in [-0.1, -0.05) is 13.8 Å². The number of carbonyl (C=O) groups is 1. The highest BCUT2D eigenvalue weighted by atomic mass is 16.4. The second kappa shape index (κ2) is 4.39. The van der Waals surface area contributed by atoms with E-state index in [0.717, 1.165) is 0 Å². The minimum atomic E-state index is -0.737. The Hall–Kier alpha value is -2.25. The van der Waals surface area contributed by atoms with Gasteiger partial charge >= 0.3 is 5.97 Å². The number of carboxylic acid groups (broad SMARTS) is 1. The summed E-state index contributed by atoms with van der Waals surface area (Å²) in [5, 5.41) is 25.0. The molecule has 2 aromatic heterocycles. The van der Waals surface area contributed by atoms with Gasteiger partial charge in [-0.3, -0.25) is 4.79 Å². The summed E-state index contributed by atoms with van der Waals surface area (Å²) in [5.74, 6) is 0.0360. The number of anilines is 1. The molecule has 0 aromatic carbocycles. The Morgan fingerprint density at radius 3 is 2.90 bits per heavy atom. The summed E-state index contributed by atoms with van der Waals surface area (Å²) in [5.41, 5.74) is -0.140. The average molecular weight is 276 g/mol. The lowest BCUT2D eigenvalue weighted by atomic mass is 9.76. The van der Waals surface area contributed by atoms with Gasteiger partial charge in [-0.2, -0.15) is 0 Å². The van der Waals surface area contributed by atoms with Crippen molar-refractivity contribution < 1.29 is 9.90 Å². The summed E-state index contributed by atoms with van der Waals surface area (Å²) in [6, 6.07) is 3.60. The average Bonchev–Trinajstić information content (AvgIpc) is 3.05. The molecule has 8 nitrogen and oxygen atoms in total. The fraction of sp³-hybridized carbons (Fsp3) is 0.583. The summed E-state index contributed by atoms with van der Waals surface area (Å²) in [6.07, 6.45) is 0.620. The summed E-state index contributed by atoms with van der Waals surface area (Å²) >= 11 is 0. The zero-order valence-electron chi connectivity index (χ0n) is 11.4. The van der Waals surface area contributed by atoms with E-state index in [1.807, 2.05) is 24.8 Å². The van der Waals surface area contributed by atoms with Gasteiger partial charge in [0.05, 0.1) is 5.41 Å². The normalized spacial score (nSPS) is 22.9. The van der Waals surface area contributed by atoms with Crippen molar-refractivity contribution in [3.8, 4) is 0 Å². The highest BCUT2D eigenvalue weighted by Crippen LogP contribution is 2.39. The molecular formula is C12H16N6O2. The van der Waals surface area contributed by atoms with Gasteiger partial charge in [0.2, 0.25) is 0 Å². The zero-order chi connectivity index (χ0) is 14.3. The van der Waals surface area contributed by atoms with E-state index >= 15 is 0 Å². The number of rotatable bonds is 3. The molecule has 20 heavy (non-hydrogen) atoms. The van der Waals surface area contributed by atoms with Crippen molar-refractivity contribution in [3.05, 3.63) is 12.1 Å². The van der Waals surface area contributed by atoms with Gasteiger partial charge in [-0.05, 0) is 34.9 Å². The Morgan fingerprint density at radius 1 is 1.45 bits per heavy atom. The van der Waals surface area contributed by atoms with Crippen molar-refractivity contribution in [2.75, 3.05) is 18.0 Å². The van der Waals surface area contributed by atoms with Gasteiger partial charge in [0.15, 0.2) is 11.5 Å². The number of hydrogen-bond donors (Lipinski definition) is 1. The SMILES string of the molecule is CC(C)C1(C(=O)O)CCN(c2ccc3nnnn3n2)C1. The van der Waals surface area contributed by atoms with Crippen molar-refractivity contribution in [1.29, 1.82) is 0 Å². The van der Waals surface area contributed by atoms with Crippen LogP contribution in [0.25, 0.3) is 5.65 Å². The van der Waals surface area contributed by atoms with E-state index in [1.54, 1.807) is 6.07 Å². The van der Waals surface area contributed by atoms with E-state index < -0.39 is 11.4 Å². The van der Waals surface area contributed by atoms with E-state index in [2.05, 4.69) is 20.6 Å². The Bertz CT molecular complexity index is 654. The molecule has 1 atom stereocenters. The third-order valence-electron chi connectivity index (χ3n) is 4.21. The molecule has 8 heteroatoms. The van der Waals surface area contributed by atoms with E-state index in [1.165, 1.54) is 4.63 Å². The van der Waals surface area contributed by atoms with E-state index in [-0.39, 0.29) is 5.92 Å². The fourth-order valence-corrected chi connectivity index (χ4v) is 2.73. The molecule has 0 bridgehead atoms. The lowest BCUT2D eigenvalue weighted by molar-refractivity contribution is -0.150. The molecule has 1 aliphatic rings. The molecule has 106 valence electrons. The van der Waals surface area contributed by atoms with Crippen LogP contribution in [0.2, 0.25) is 0 Å². The second-order valence-corrected chi connectivity index (χ2v) is 5.51. The van der Waals surface area contributed by atoms with E-state index in [0.29, 0.717) is 31.0 Å². The third kappa shape index (κ3) is 1.79. The van der Waals surface area contributed by atoms with Crippen LogP contribution in [-0.2, 0) is 4.79 Å². The summed E-state index contributed by atoms with van der Waals surface area (Å²) in [6.45, 7) is 5.04. The maximum absolute atomic E-state index is 11.6. The molecule has 3 heterocycles. The van der Waals surface area contributed by atoms with Gasteiger partial charge in [0.1, 0.15) is 0 Å². The second-order valence-electron chi connectivity index (χ2n) is 5.51. The van der Waals surface area contributed by atoms with Gasteiger partial charge in [0, 0.05) is 13.1 Å². The molecule has 1 unspecified atom stereocenters. The highest BCUT2D eigenvalue weighted by Gasteiger charge is 2.47. The lowest BCUT2D eigenvalue weighted by Gasteiger charge is -2.28. The molecule has 0 radical (unpaired) electrons. The Balaban J connectivity index is 1.91. The van der Waals surface area contributed by atoms with Gasteiger partial charge < -0.3 is 10.0 Å². The van der Waals surface area contributed by atoms with Gasteiger partial charge in [-0.25, -0.2) is 0 Å². The molecule has 1 aliphatic heterocycles. The molecule has 0 amide bonds. The van der Waals surface area contributed by atoms with Crippen LogP contribution in [0.1, 0.15) is 20.3 Å². The number of aromatic nitrogens is 5. The van der Waals surface area contributed by atoms with Gasteiger partial charge in [-0.15, -0.1) is 14.8 Å². The third-order valence-corrected chi connectivity index (χ3v) is 4.21. The molecule has 1 saturated heterocycles. The largest absolute Gasteiger partial charge is 0.481 e. The van der Waals surface area contributed by atoms with Crippen LogP contribution in [0, 0.1) is 11.3 Å². The zero-order valence-corrected chi connectivity index (χ0v) is 11.4. The van der Waals surface area contributed by atoms with Crippen LogP contribution in [0.4, 0.5) is 5.82 Å². The first-order valence-electron chi connectivity index (χ1n) is 6.57. The number of carboxylic acids is 1. The number of nitrogens with zero attached hydrogens (tertiary/aromatic N) is 6. The van der Waals surface area contributed by atoms with Crippen molar-refractivity contribution in [2.45, 2.75) is 20.3 Å². The Kier molecular flexibility index (Phi) is 2.81. The van der Waals surface area contributed by atoms with Crippen LogP contribution in [0.3, 0.4) is 0 Å². The molecule has 0 saturated carbocycles. The van der Waals surface area contributed by atoms with E-state index in [9.17, 15) is 9.90 Å². The number of hydrogen-bond acceptors (Lipinski definition) is 6. The highest BCUT2D eigenvalue weighted by molar-refractivity contribution is 5.77. The topological polar surface area (TPSA) is 96.5 Å². The minimum absolute atomic E-state index is 0.0711. The van der Waals surface area contributed by atoms with E-state index in [4.69, 9.17) is 0 Å². The van der Waals surface area contributed by atoms with Crippen LogP contribution in [-0.4, -0.2) is 49.4 Å². The van der Waals surface area contributed by atoms with Crippen molar-refractivity contribution >= 4 is 17.4 Å². The van der Waals surface area contributed by atoms with Crippen LogP contribution >= 0.6 is 0 Å². The molecule has 3 rings (SSSR count). The maximum Gasteiger partial charge on any atom is 0.311 e. The standard InChI is InChI=1S/C12H16N6O2/c1-8(2)12(11(19)20)5-6-17(7-12)10-4-3-9-13-15-16-18(9)14-10/h3-4,8H,5-7H2,1-2H3,(H,19,20). The van der Waals surface area contributed by atoms with Crippen LogP contribution in [0.15, 0.2) is 12.1 Å². The first-order chi connectivity index (χ1) is 9.53. The summed E-state index contributed by atoms with van der Waals surface area (Å²) in [4.78, 5) is 13.6. The molecule has 1 N–H and O–H groups in total. The first-order valence-corrected chi connectivity index (χ1v) is 6.57. The number of aliphatic carboxylic acids is 1. The monoisotopic (exact) mass is 276 g/mol. The fourth-order valence-electron chi connectivity index (χ4n) is 2.73. The molecular weight excluding hydrogens is 260 g/mol. The summed E-state index contributed by atoms with van der Waals surface area (Å²) in [7, 11) is 0. The lowest BCUT2D eigenvalue weighted by Crippen LogP contribution is -2.39. The first kappa shape index (κ1) is 12.8. The van der Waals surface area contributed by atoms with Crippen LogP contribution < -0.4 is 4.90 Å². The molecule has 2 aromatic rings. The van der Waals surface area contributed by atoms with Crippen molar-refractivity contribution in [3.63, 3.8) is 0 Å². The minimum Gasteiger partial charge on any atom is -0.481 e. The predicted octanol–water partition coefficient (Wildman–Crippen LogP) is 0.456. The van der Waals surface area contributed by atoms with Crippen molar-refractivity contribution in [2.24, 2.45) is 11.3 Å². The predicted molar refractivity (Wildman–Crippen MR) is 70.3 cm³/mol. The molecule has 0 spiro atoms. The van der Waals surface area contributed by atoms with Gasteiger partial charge in [0.25, 0.3) is 0 Å². The number of tetrazole rings is 1. The maximum atomic E-state index is 11.6. The Morgan fingerprint density at radius 2 is 2.25 bits per heavy atom.